The molecule has 0 bridgehead atoms. The van der Waals surface area contributed by atoms with Gasteiger partial charge >= 0.3 is 0 Å². The van der Waals surface area contributed by atoms with Crippen molar-refractivity contribution in [3.05, 3.63) is 29.7 Å². The number of rotatable bonds is 3. The zero-order chi connectivity index (χ0) is 10.7. The first-order valence-electron chi connectivity index (χ1n) is 4.89. The lowest BCUT2D eigenvalue weighted by molar-refractivity contribution is -0.118. The lowest BCUT2D eigenvalue weighted by Crippen LogP contribution is -2.17. The summed E-state index contributed by atoms with van der Waals surface area (Å²) in [5, 5.41) is 0. The first kappa shape index (κ1) is 11.0. The van der Waals surface area contributed by atoms with Gasteiger partial charge in [-0.1, -0.05) is 23.8 Å². The average Bonchev–Trinajstić information content (AvgIpc) is 2.07. The van der Waals surface area contributed by atoms with Gasteiger partial charge in [-0.15, -0.1) is 5.73 Å². The highest BCUT2D eigenvalue weighted by atomic mass is 16.1. The van der Waals surface area contributed by atoms with Crippen molar-refractivity contribution in [3.8, 4) is 0 Å². The van der Waals surface area contributed by atoms with Gasteiger partial charge in [0.2, 0.25) is 0 Å². The number of hydrogen-bond donors (Lipinski definition) is 0. The molecule has 0 saturated heterocycles. The molecule has 0 saturated carbocycles. The number of carbonyl (C=O) groups excluding carboxylic acids is 1. The maximum Gasteiger partial charge on any atom is 0.265 e. The van der Waals surface area contributed by atoms with Crippen LogP contribution < -0.4 is 5.73 Å². The Bertz CT molecular complexity index is 278. The predicted molar refractivity (Wildman–Crippen MR) is 56.3 cm³/mol. The van der Waals surface area contributed by atoms with E-state index < -0.39 is 5.91 Å². The van der Waals surface area contributed by atoms with E-state index in [0.717, 1.165) is 29.9 Å². The SMILES string of the molecule is C=C(C)C1CC=C(C)[C](CC([N])=O)C1. The van der Waals surface area contributed by atoms with Crippen LogP contribution in [0.4, 0.5) is 0 Å². The van der Waals surface area contributed by atoms with E-state index in [1.165, 1.54) is 0 Å². The van der Waals surface area contributed by atoms with Gasteiger partial charge in [0.25, 0.3) is 5.91 Å². The van der Waals surface area contributed by atoms with Crippen LogP contribution in [0.2, 0.25) is 0 Å². The van der Waals surface area contributed by atoms with E-state index in [9.17, 15) is 4.79 Å². The van der Waals surface area contributed by atoms with Gasteiger partial charge in [0, 0.05) is 12.3 Å². The van der Waals surface area contributed by atoms with E-state index in [0.29, 0.717) is 5.92 Å². The molecule has 3 radical (unpaired) electrons. The predicted octanol–water partition coefficient (Wildman–Crippen LogP) is 2.48. The summed E-state index contributed by atoms with van der Waals surface area (Å²) in [4.78, 5) is 10.6. The Morgan fingerprint density at radius 2 is 2.36 bits per heavy atom. The fraction of sp³-hybridized carbons (Fsp3) is 0.500. The third-order valence-corrected chi connectivity index (χ3v) is 2.82. The summed E-state index contributed by atoms with van der Waals surface area (Å²) in [6.07, 6.45) is 4.17. The van der Waals surface area contributed by atoms with E-state index in [2.05, 4.69) is 12.7 Å². The molecule has 0 aliphatic heterocycles. The molecular formula is C12H16NO. The normalized spacial score (nSPS) is 23.0. The van der Waals surface area contributed by atoms with E-state index in [-0.39, 0.29) is 6.42 Å². The number of allylic oxidation sites excluding steroid dienone is 3. The standard InChI is InChI=1S/C12H16NO/c1-8(2)10-5-4-9(3)11(6-10)7-12(13)14/h4,10H,1,5-7H2,2-3H3. The molecule has 0 aromatic carbocycles. The molecular weight excluding hydrogens is 174 g/mol. The molecule has 1 amide bonds. The molecule has 1 rings (SSSR count). The van der Waals surface area contributed by atoms with Gasteiger partial charge in [0.1, 0.15) is 0 Å². The topological polar surface area (TPSA) is 39.4 Å². The van der Waals surface area contributed by atoms with Crippen LogP contribution in [0.3, 0.4) is 0 Å². The summed E-state index contributed by atoms with van der Waals surface area (Å²) in [6.45, 7) is 7.93. The zero-order valence-electron chi connectivity index (χ0n) is 8.84. The number of amides is 1. The minimum atomic E-state index is -0.741. The van der Waals surface area contributed by atoms with Crippen molar-refractivity contribution < 1.29 is 4.79 Å². The molecule has 0 aromatic rings. The monoisotopic (exact) mass is 190 g/mol. The molecule has 75 valence electrons. The Morgan fingerprint density at radius 3 is 2.86 bits per heavy atom. The molecule has 2 nitrogen and oxygen atoms in total. The molecule has 0 heterocycles. The second kappa shape index (κ2) is 4.45. The molecule has 1 unspecified atom stereocenters. The van der Waals surface area contributed by atoms with E-state index in [4.69, 9.17) is 5.73 Å². The minimum absolute atomic E-state index is 0.173. The largest absolute Gasteiger partial charge is 0.271 e. The fourth-order valence-electron chi connectivity index (χ4n) is 1.77. The Kier molecular flexibility index (Phi) is 3.50. The lowest BCUT2D eigenvalue weighted by Gasteiger charge is -2.27. The summed E-state index contributed by atoms with van der Waals surface area (Å²) in [7, 11) is 0. The second-order valence-electron chi connectivity index (χ2n) is 4.04. The number of carbonyl (C=O) groups is 1. The summed E-state index contributed by atoms with van der Waals surface area (Å²) in [6, 6.07) is 0. The van der Waals surface area contributed by atoms with E-state index in [1.807, 2.05) is 13.8 Å². The van der Waals surface area contributed by atoms with Gasteiger partial charge in [-0.25, -0.2) is 0 Å². The Balaban J connectivity index is 2.66. The van der Waals surface area contributed by atoms with Gasteiger partial charge in [0.15, 0.2) is 0 Å². The summed E-state index contributed by atoms with van der Waals surface area (Å²) >= 11 is 0. The average molecular weight is 190 g/mol. The number of hydrogen-bond acceptors (Lipinski definition) is 1. The van der Waals surface area contributed by atoms with Crippen LogP contribution in [0.25, 0.3) is 0 Å². The van der Waals surface area contributed by atoms with Crippen LogP contribution in [0.5, 0.6) is 0 Å². The molecule has 1 atom stereocenters. The van der Waals surface area contributed by atoms with Crippen molar-refractivity contribution in [1.29, 1.82) is 0 Å². The zero-order valence-corrected chi connectivity index (χ0v) is 8.84. The highest BCUT2D eigenvalue weighted by Gasteiger charge is 2.24. The molecule has 0 spiro atoms. The van der Waals surface area contributed by atoms with Crippen LogP contribution in [-0.2, 0) is 4.79 Å². The van der Waals surface area contributed by atoms with Gasteiger partial charge in [-0.2, -0.15) is 0 Å². The highest BCUT2D eigenvalue weighted by Crippen LogP contribution is 2.35. The van der Waals surface area contributed by atoms with Gasteiger partial charge in [-0.05, 0) is 32.6 Å². The quantitative estimate of drug-likeness (QED) is 0.630. The Labute approximate surface area is 85.9 Å². The lowest BCUT2D eigenvalue weighted by atomic mass is 9.77. The van der Waals surface area contributed by atoms with Crippen molar-refractivity contribution in [2.24, 2.45) is 5.92 Å². The molecule has 1 aliphatic carbocycles. The third kappa shape index (κ3) is 2.72. The molecule has 0 N–H and O–H groups in total. The van der Waals surface area contributed by atoms with Crippen molar-refractivity contribution in [2.45, 2.75) is 33.1 Å². The highest BCUT2D eigenvalue weighted by molar-refractivity contribution is 5.76. The Morgan fingerprint density at radius 1 is 1.71 bits per heavy atom. The molecule has 1 aliphatic rings. The van der Waals surface area contributed by atoms with Crippen LogP contribution in [-0.4, -0.2) is 5.91 Å². The Hall–Kier alpha value is -1.05. The van der Waals surface area contributed by atoms with Crippen molar-refractivity contribution in [3.63, 3.8) is 0 Å². The van der Waals surface area contributed by atoms with Crippen LogP contribution in [0, 0.1) is 11.8 Å². The van der Waals surface area contributed by atoms with Gasteiger partial charge in [-0.3, -0.25) is 4.79 Å². The molecule has 0 fully saturated rings. The van der Waals surface area contributed by atoms with E-state index in [1.54, 1.807) is 0 Å². The fourth-order valence-corrected chi connectivity index (χ4v) is 1.77. The smallest absolute Gasteiger partial charge is 0.265 e. The summed E-state index contributed by atoms with van der Waals surface area (Å²) in [5.41, 5.74) is 11.0. The van der Waals surface area contributed by atoms with Crippen LogP contribution in [0.15, 0.2) is 23.8 Å². The van der Waals surface area contributed by atoms with Crippen molar-refractivity contribution in [1.82, 2.24) is 5.73 Å². The van der Waals surface area contributed by atoms with Crippen LogP contribution >= 0.6 is 0 Å². The first-order chi connectivity index (χ1) is 6.50. The molecule has 14 heavy (non-hydrogen) atoms. The maximum atomic E-state index is 10.6. The van der Waals surface area contributed by atoms with Crippen molar-refractivity contribution >= 4 is 5.91 Å². The minimum Gasteiger partial charge on any atom is -0.271 e. The van der Waals surface area contributed by atoms with Crippen LogP contribution in [0.1, 0.15) is 33.1 Å². The third-order valence-electron chi connectivity index (χ3n) is 2.82. The molecule has 0 aromatic heterocycles. The number of nitrogens with zero attached hydrogens (tertiary/aromatic N) is 1. The van der Waals surface area contributed by atoms with Crippen molar-refractivity contribution in [2.75, 3.05) is 0 Å². The van der Waals surface area contributed by atoms with Gasteiger partial charge < -0.3 is 0 Å². The van der Waals surface area contributed by atoms with Gasteiger partial charge in [0.05, 0.1) is 0 Å². The van der Waals surface area contributed by atoms with E-state index >= 15 is 0 Å². The second-order valence-corrected chi connectivity index (χ2v) is 4.04. The summed E-state index contributed by atoms with van der Waals surface area (Å²) < 4.78 is 0. The summed E-state index contributed by atoms with van der Waals surface area (Å²) in [5.74, 6) is 0.750. The maximum absolute atomic E-state index is 10.6. The first-order valence-corrected chi connectivity index (χ1v) is 4.89. The molecule has 2 heteroatoms.